The number of thiocarbonyl (C=S) groups is 1. The van der Waals surface area contributed by atoms with E-state index in [-0.39, 0.29) is 5.82 Å². The third-order valence-electron chi connectivity index (χ3n) is 5.02. The van der Waals surface area contributed by atoms with Gasteiger partial charge in [-0.3, -0.25) is 4.90 Å². The molecule has 1 aliphatic heterocycles. The summed E-state index contributed by atoms with van der Waals surface area (Å²) in [7, 11) is 0. The molecule has 0 amide bonds. The van der Waals surface area contributed by atoms with Crippen molar-refractivity contribution in [2.75, 3.05) is 51.3 Å². The zero-order valence-corrected chi connectivity index (χ0v) is 18.3. The van der Waals surface area contributed by atoms with Gasteiger partial charge >= 0.3 is 0 Å². The van der Waals surface area contributed by atoms with Crippen LogP contribution in [0.15, 0.2) is 48.5 Å². The topological polar surface area (TPSA) is 37.0 Å². The molecule has 2 aromatic rings. The first-order valence-corrected chi connectivity index (χ1v) is 10.9. The van der Waals surface area contributed by atoms with Crippen molar-refractivity contribution in [1.82, 2.24) is 9.80 Å². The molecular formula is C23H30FN3O2S. The molecule has 0 unspecified atom stereocenters. The molecule has 0 aliphatic carbocycles. The molecule has 0 saturated carbocycles. The molecule has 1 saturated heterocycles. The molecule has 0 atom stereocenters. The van der Waals surface area contributed by atoms with Crippen LogP contribution in [0.25, 0.3) is 0 Å². The first-order valence-electron chi connectivity index (χ1n) is 10.5. The number of nitrogens with zero attached hydrogens (tertiary/aromatic N) is 2. The van der Waals surface area contributed by atoms with Crippen LogP contribution < -0.4 is 10.1 Å². The van der Waals surface area contributed by atoms with Crippen LogP contribution in [0.4, 0.5) is 10.1 Å². The molecular weight excluding hydrogens is 401 g/mol. The van der Waals surface area contributed by atoms with Gasteiger partial charge < -0.3 is 19.7 Å². The molecule has 1 N–H and O–H groups in total. The third-order valence-corrected chi connectivity index (χ3v) is 5.38. The van der Waals surface area contributed by atoms with Crippen LogP contribution in [0, 0.1) is 5.82 Å². The van der Waals surface area contributed by atoms with Crippen molar-refractivity contribution in [1.29, 1.82) is 0 Å². The summed E-state index contributed by atoms with van der Waals surface area (Å²) in [5.74, 6) is 0.543. The molecule has 0 radical (unpaired) electrons. The minimum atomic E-state index is -0.311. The number of rotatable bonds is 9. The van der Waals surface area contributed by atoms with E-state index < -0.39 is 0 Å². The summed E-state index contributed by atoms with van der Waals surface area (Å²) in [5.41, 5.74) is 1.52. The molecule has 1 aliphatic rings. The average molecular weight is 432 g/mol. The second-order valence-electron chi connectivity index (χ2n) is 7.22. The summed E-state index contributed by atoms with van der Waals surface area (Å²) in [4.78, 5) is 4.50. The Bertz CT molecular complexity index is 797. The Morgan fingerprint density at radius 1 is 1.17 bits per heavy atom. The lowest BCUT2D eigenvalue weighted by molar-refractivity contribution is 0.0368. The summed E-state index contributed by atoms with van der Waals surface area (Å²) in [6.45, 7) is 8.56. The Balaban J connectivity index is 1.63. The lowest BCUT2D eigenvalue weighted by Crippen LogP contribution is -2.40. The second-order valence-corrected chi connectivity index (χ2v) is 7.60. The number of halogens is 1. The highest BCUT2D eigenvalue weighted by Gasteiger charge is 2.15. The Morgan fingerprint density at radius 3 is 2.60 bits per heavy atom. The van der Waals surface area contributed by atoms with E-state index >= 15 is 0 Å². The van der Waals surface area contributed by atoms with Crippen molar-refractivity contribution in [3.8, 4) is 5.75 Å². The van der Waals surface area contributed by atoms with Crippen LogP contribution in [0.1, 0.15) is 18.9 Å². The maximum atomic E-state index is 14.1. The molecule has 162 valence electrons. The van der Waals surface area contributed by atoms with Gasteiger partial charge in [-0.25, -0.2) is 4.39 Å². The van der Waals surface area contributed by atoms with E-state index in [0.717, 1.165) is 57.1 Å². The van der Waals surface area contributed by atoms with Gasteiger partial charge in [0.05, 0.1) is 25.5 Å². The second kappa shape index (κ2) is 11.8. The fourth-order valence-electron chi connectivity index (χ4n) is 3.40. The molecule has 0 bridgehead atoms. The first kappa shape index (κ1) is 22.5. The molecule has 1 fully saturated rings. The van der Waals surface area contributed by atoms with Crippen LogP contribution in [0.2, 0.25) is 0 Å². The van der Waals surface area contributed by atoms with E-state index in [1.165, 1.54) is 6.07 Å². The van der Waals surface area contributed by atoms with Crippen molar-refractivity contribution >= 4 is 23.0 Å². The summed E-state index contributed by atoms with van der Waals surface area (Å²) in [5, 5.41) is 3.60. The van der Waals surface area contributed by atoms with Crippen LogP contribution >= 0.6 is 12.2 Å². The molecule has 7 heteroatoms. The fourth-order valence-corrected chi connectivity index (χ4v) is 3.66. The highest BCUT2D eigenvalue weighted by atomic mass is 32.1. The maximum absolute atomic E-state index is 14.1. The van der Waals surface area contributed by atoms with Crippen molar-refractivity contribution in [2.24, 2.45) is 0 Å². The van der Waals surface area contributed by atoms with Crippen molar-refractivity contribution in [3.63, 3.8) is 0 Å². The van der Waals surface area contributed by atoms with Crippen LogP contribution in [0.5, 0.6) is 5.75 Å². The number of ether oxygens (including phenoxy) is 2. The Morgan fingerprint density at radius 2 is 1.90 bits per heavy atom. The number of anilines is 1. The van der Waals surface area contributed by atoms with Crippen molar-refractivity contribution in [3.05, 3.63) is 59.9 Å². The minimum absolute atomic E-state index is 0.311. The fraction of sp³-hybridized carbons (Fsp3) is 0.435. The molecule has 0 aromatic heterocycles. The van der Waals surface area contributed by atoms with E-state index in [1.54, 1.807) is 18.2 Å². The monoisotopic (exact) mass is 431 g/mol. The minimum Gasteiger partial charge on any atom is -0.494 e. The number of nitrogens with one attached hydrogen (secondary N) is 1. The van der Waals surface area contributed by atoms with Crippen LogP contribution in [-0.2, 0) is 11.3 Å². The van der Waals surface area contributed by atoms with E-state index in [4.69, 9.17) is 21.7 Å². The van der Waals surface area contributed by atoms with Crippen LogP contribution in [0.3, 0.4) is 0 Å². The van der Waals surface area contributed by atoms with Gasteiger partial charge in [0, 0.05) is 32.7 Å². The van der Waals surface area contributed by atoms with Gasteiger partial charge in [0.1, 0.15) is 11.6 Å². The summed E-state index contributed by atoms with van der Waals surface area (Å²) in [6, 6.07) is 14.6. The van der Waals surface area contributed by atoms with Gasteiger partial charge in [0.15, 0.2) is 5.11 Å². The summed E-state index contributed by atoms with van der Waals surface area (Å²) < 4.78 is 25.0. The predicted molar refractivity (Wildman–Crippen MR) is 123 cm³/mol. The predicted octanol–water partition coefficient (Wildman–Crippen LogP) is 4.15. The third kappa shape index (κ3) is 6.93. The number of hydrogen-bond acceptors (Lipinski definition) is 4. The van der Waals surface area contributed by atoms with Gasteiger partial charge in [0.2, 0.25) is 0 Å². The Hall–Kier alpha value is -2.22. The van der Waals surface area contributed by atoms with Gasteiger partial charge in [-0.05, 0) is 55.4 Å². The normalized spacial score (nSPS) is 14.3. The van der Waals surface area contributed by atoms with Gasteiger partial charge in [-0.1, -0.05) is 24.3 Å². The first-order chi connectivity index (χ1) is 14.7. The Kier molecular flexibility index (Phi) is 8.86. The quantitative estimate of drug-likeness (QED) is 0.602. The molecule has 0 spiro atoms. The molecule has 1 heterocycles. The smallest absolute Gasteiger partial charge is 0.173 e. The number of benzene rings is 2. The van der Waals surface area contributed by atoms with Crippen molar-refractivity contribution < 1.29 is 13.9 Å². The van der Waals surface area contributed by atoms with E-state index in [1.807, 2.05) is 31.2 Å². The van der Waals surface area contributed by atoms with Gasteiger partial charge in [-0.2, -0.15) is 0 Å². The average Bonchev–Trinajstić information content (AvgIpc) is 2.77. The zero-order chi connectivity index (χ0) is 21.2. The molecule has 3 rings (SSSR count). The van der Waals surface area contributed by atoms with E-state index in [2.05, 4.69) is 15.1 Å². The SMILES string of the molecule is CCOc1ccc(CN(CCCN2CCOCC2)C(=S)Nc2ccccc2F)cc1. The lowest BCUT2D eigenvalue weighted by Gasteiger charge is -2.29. The highest BCUT2D eigenvalue weighted by molar-refractivity contribution is 7.80. The van der Waals surface area contributed by atoms with Crippen LogP contribution in [-0.4, -0.2) is 60.9 Å². The molecule has 30 heavy (non-hydrogen) atoms. The number of hydrogen-bond donors (Lipinski definition) is 1. The lowest BCUT2D eigenvalue weighted by atomic mass is 10.2. The van der Waals surface area contributed by atoms with Gasteiger partial charge in [0.25, 0.3) is 0 Å². The number of para-hydroxylation sites is 1. The Labute approximate surface area is 183 Å². The largest absolute Gasteiger partial charge is 0.494 e. The maximum Gasteiger partial charge on any atom is 0.173 e. The summed E-state index contributed by atoms with van der Waals surface area (Å²) >= 11 is 5.64. The highest BCUT2D eigenvalue weighted by Crippen LogP contribution is 2.17. The van der Waals surface area contributed by atoms with Crippen molar-refractivity contribution in [2.45, 2.75) is 19.9 Å². The van der Waals surface area contributed by atoms with E-state index in [0.29, 0.717) is 24.0 Å². The standard InChI is InChI=1S/C23H30FN3O2S/c1-2-29-20-10-8-19(9-11-20)18-27(13-5-12-26-14-16-28-17-15-26)23(30)25-22-7-4-3-6-21(22)24/h3-4,6-11H,2,5,12-18H2,1H3,(H,25,30). The van der Waals surface area contributed by atoms with Gasteiger partial charge in [-0.15, -0.1) is 0 Å². The zero-order valence-electron chi connectivity index (χ0n) is 17.5. The molecule has 2 aromatic carbocycles. The summed E-state index contributed by atoms with van der Waals surface area (Å²) in [6.07, 6.45) is 0.968. The molecule has 5 nitrogen and oxygen atoms in total. The number of morpholine rings is 1. The van der Waals surface area contributed by atoms with E-state index in [9.17, 15) is 4.39 Å².